The van der Waals surface area contributed by atoms with Gasteiger partial charge in [0.25, 0.3) is 5.91 Å². The van der Waals surface area contributed by atoms with E-state index in [0.29, 0.717) is 48.6 Å². The predicted molar refractivity (Wildman–Crippen MR) is 126 cm³/mol. The second-order valence-electron chi connectivity index (χ2n) is 9.15. The van der Waals surface area contributed by atoms with Crippen molar-refractivity contribution in [3.8, 4) is 11.3 Å². The van der Waals surface area contributed by atoms with Gasteiger partial charge in [0, 0.05) is 35.2 Å². The number of amides is 2. The maximum atomic E-state index is 13.4. The molecule has 2 aliphatic rings. The predicted octanol–water partition coefficient (Wildman–Crippen LogP) is 3.26. The van der Waals surface area contributed by atoms with E-state index in [1.807, 2.05) is 37.3 Å². The van der Waals surface area contributed by atoms with Gasteiger partial charge in [-0.2, -0.15) is 10.2 Å². The van der Waals surface area contributed by atoms with Crippen LogP contribution < -0.4 is 10.6 Å². The van der Waals surface area contributed by atoms with Crippen LogP contribution in [0.15, 0.2) is 30.3 Å². The number of nitrogens with one attached hydrogen (secondary N) is 3. The quantitative estimate of drug-likeness (QED) is 0.505. The lowest BCUT2D eigenvalue weighted by atomic mass is 9.75. The largest absolute Gasteiger partial charge is 0.349 e. The number of anilines is 1. The van der Waals surface area contributed by atoms with E-state index in [2.05, 4.69) is 25.9 Å². The Morgan fingerprint density at radius 1 is 1.09 bits per heavy atom. The summed E-state index contributed by atoms with van der Waals surface area (Å²) in [6.07, 6.45) is 3.12. The number of aromatic amines is 1. The lowest BCUT2D eigenvalue weighted by Gasteiger charge is -2.29. The molecule has 0 spiro atoms. The van der Waals surface area contributed by atoms with Crippen LogP contribution in [0.4, 0.5) is 5.69 Å². The number of aromatic nitrogens is 4. The highest BCUT2D eigenvalue weighted by Crippen LogP contribution is 2.35. The first-order chi connectivity index (χ1) is 16.4. The van der Waals surface area contributed by atoms with Crippen molar-refractivity contribution in [3.63, 3.8) is 0 Å². The van der Waals surface area contributed by atoms with Crippen molar-refractivity contribution in [2.24, 2.45) is 11.8 Å². The van der Waals surface area contributed by atoms with Crippen LogP contribution in [0, 0.1) is 25.7 Å². The summed E-state index contributed by atoms with van der Waals surface area (Å²) in [6, 6.07) is 9.36. The van der Waals surface area contributed by atoms with Crippen LogP contribution in [0.1, 0.15) is 57.9 Å². The number of hydrogen-bond donors (Lipinski definition) is 3. The fourth-order valence-electron chi connectivity index (χ4n) is 5.04. The minimum Gasteiger partial charge on any atom is -0.349 e. The molecular weight excluding hydrogens is 432 g/mol. The summed E-state index contributed by atoms with van der Waals surface area (Å²) in [7, 11) is 0. The van der Waals surface area contributed by atoms with E-state index in [1.165, 1.54) is 0 Å². The van der Waals surface area contributed by atoms with Gasteiger partial charge in [0.2, 0.25) is 5.91 Å². The summed E-state index contributed by atoms with van der Waals surface area (Å²) >= 11 is 0. The Hall–Kier alpha value is -3.75. The third kappa shape index (κ3) is 4.02. The van der Waals surface area contributed by atoms with Crippen molar-refractivity contribution in [1.29, 1.82) is 0 Å². The highest BCUT2D eigenvalue weighted by atomic mass is 16.2. The molecule has 2 amide bonds. The van der Waals surface area contributed by atoms with Crippen LogP contribution >= 0.6 is 0 Å². The smallest absolute Gasteiger partial charge is 0.271 e. The minimum atomic E-state index is -0.448. The first kappa shape index (κ1) is 22.1. The van der Waals surface area contributed by atoms with Crippen molar-refractivity contribution in [1.82, 2.24) is 25.3 Å². The van der Waals surface area contributed by atoms with Gasteiger partial charge in [-0.15, -0.1) is 0 Å². The average Bonchev–Trinajstić information content (AvgIpc) is 3.42. The maximum Gasteiger partial charge on any atom is 0.271 e. The first-order valence-electron chi connectivity index (χ1n) is 11.8. The molecule has 3 aromatic rings. The molecule has 3 N–H and O–H groups in total. The molecule has 176 valence electrons. The van der Waals surface area contributed by atoms with Gasteiger partial charge in [-0.3, -0.25) is 24.2 Å². The number of aryl methyl sites for hydroxylation is 2. The molecule has 9 heteroatoms. The second-order valence-corrected chi connectivity index (χ2v) is 9.15. The Kier molecular flexibility index (Phi) is 5.77. The van der Waals surface area contributed by atoms with Crippen LogP contribution in [0.3, 0.4) is 0 Å². The highest BCUT2D eigenvalue weighted by Gasteiger charge is 2.37. The lowest BCUT2D eigenvalue weighted by molar-refractivity contribution is -0.122. The molecule has 1 aliphatic carbocycles. The number of hydrogen-bond acceptors (Lipinski definition) is 5. The Morgan fingerprint density at radius 3 is 2.53 bits per heavy atom. The van der Waals surface area contributed by atoms with Crippen LogP contribution in [0.5, 0.6) is 0 Å². The van der Waals surface area contributed by atoms with Gasteiger partial charge < -0.3 is 10.6 Å². The topological polar surface area (TPSA) is 122 Å². The van der Waals surface area contributed by atoms with E-state index in [1.54, 1.807) is 11.6 Å². The van der Waals surface area contributed by atoms with Crippen LogP contribution in [-0.4, -0.2) is 44.1 Å². The molecule has 1 saturated carbocycles. The molecule has 0 bridgehead atoms. The Balaban J connectivity index is 1.35. The molecule has 0 radical (unpaired) electrons. The number of carbonyl (C=O) groups is 3. The fraction of sp³-hybridized carbons (Fsp3) is 0.400. The van der Waals surface area contributed by atoms with E-state index in [-0.39, 0.29) is 17.6 Å². The second kappa shape index (κ2) is 8.89. The number of fused-ring (bicyclic) bond motifs is 1. The van der Waals surface area contributed by atoms with Crippen molar-refractivity contribution < 1.29 is 14.4 Å². The molecule has 9 nitrogen and oxygen atoms in total. The molecule has 1 aromatic carbocycles. The van der Waals surface area contributed by atoms with Crippen molar-refractivity contribution in [2.45, 2.75) is 46.1 Å². The number of benzene rings is 1. The molecule has 1 aliphatic heterocycles. The normalized spacial score (nSPS) is 19.9. The Morgan fingerprint density at radius 2 is 1.82 bits per heavy atom. The summed E-state index contributed by atoms with van der Waals surface area (Å²) in [5.41, 5.74) is 4.74. The standard InChI is InChI=1S/C25H28N6O3/c1-14-13-20(29-28-14)16-7-9-17(10-8-16)23(32)18-5-3-4-6-19(18)24(33)27-21-15(2)30-31-12-11-26-25(34)22(21)31/h7-10,13,18-19H,3-6,11-12H2,1-2H3,(H,26,34)(H,27,33)(H,28,29). The zero-order chi connectivity index (χ0) is 23.8. The molecule has 3 heterocycles. The highest BCUT2D eigenvalue weighted by molar-refractivity contribution is 6.06. The average molecular weight is 461 g/mol. The number of carbonyl (C=O) groups excluding carboxylic acids is 3. The van der Waals surface area contributed by atoms with Crippen molar-refractivity contribution >= 4 is 23.3 Å². The number of Topliss-reactive ketones (excluding diaryl/α,β-unsaturated/α-hetero) is 1. The summed E-state index contributed by atoms with van der Waals surface area (Å²) in [4.78, 5) is 39.2. The van der Waals surface area contributed by atoms with Crippen molar-refractivity contribution in [2.75, 3.05) is 11.9 Å². The van der Waals surface area contributed by atoms with E-state index in [4.69, 9.17) is 0 Å². The number of nitrogens with zero attached hydrogens (tertiary/aromatic N) is 3. The molecule has 1 fully saturated rings. The molecule has 5 rings (SSSR count). The molecule has 0 saturated heterocycles. The molecule has 2 unspecified atom stereocenters. The lowest BCUT2D eigenvalue weighted by Crippen LogP contribution is -2.38. The van der Waals surface area contributed by atoms with Gasteiger partial charge >= 0.3 is 0 Å². The SMILES string of the molecule is Cc1cc(-c2ccc(C(=O)C3CCCCC3C(=O)Nc3c(C)nn4c3C(=O)NCC4)cc2)n[nH]1. The fourth-order valence-corrected chi connectivity index (χ4v) is 5.04. The monoisotopic (exact) mass is 460 g/mol. The van der Waals surface area contributed by atoms with E-state index in [9.17, 15) is 14.4 Å². The molecular formula is C25H28N6O3. The molecule has 2 atom stereocenters. The number of ketones is 1. The first-order valence-corrected chi connectivity index (χ1v) is 11.8. The maximum absolute atomic E-state index is 13.4. The number of rotatable bonds is 5. The van der Waals surface area contributed by atoms with Gasteiger partial charge in [-0.25, -0.2) is 0 Å². The third-order valence-corrected chi connectivity index (χ3v) is 6.81. The van der Waals surface area contributed by atoms with E-state index >= 15 is 0 Å². The van der Waals surface area contributed by atoms with Crippen LogP contribution in [0.2, 0.25) is 0 Å². The zero-order valence-electron chi connectivity index (χ0n) is 19.4. The van der Waals surface area contributed by atoms with Gasteiger partial charge in [0.1, 0.15) is 5.69 Å². The van der Waals surface area contributed by atoms with Gasteiger partial charge in [-0.1, -0.05) is 37.1 Å². The van der Waals surface area contributed by atoms with Gasteiger partial charge in [-0.05, 0) is 32.8 Å². The minimum absolute atomic E-state index is 0.0175. The molecule has 2 aromatic heterocycles. The number of H-pyrrole nitrogens is 1. The zero-order valence-corrected chi connectivity index (χ0v) is 19.4. The molecule has 34 heavy (non-hydrogen) atoms. The van der Waals surface area contributed by atoms with E-state index < -0.39 is 11.8 Å². The van der Waals surface area contributed by atoms with Crippen LogP contribution in [0.25, 0.3) is 11.3 Å². The van der Waals surface area contributed by atoms with Crippen LogP contribution in [-0.2, 0) is 11.3 Å². The third-order valence-electron chi connectivity index (χ3n) is 6.81. The Labute approximate surface area is 197 Å². The Bertz CT molecular complexity index is 1260. The van der Waals surface area contributed by atoms with Gasteiger partial charge in [0.05, 0.1) is 23.6 Å². The summed E-state index contributed by atoms with van der Waals surface area (Å²) in [6.45, 7) is 4.80. The van der Waals surface area contributed by atoms with Gasteiger partial charge in [0.15, 0.2) is 5.78 Å². The van der Waals surface area contributed by atoms with E-state index in [0.717, 1.165) is 29.8 Å². The summed E-state index contributed by atoms with van der Waals surface area (Å²) in [5.74, 6) is -1.33. The summed E-state index contributed by atoms with van der Waals surface area (Å²) < 4.78 is 1.63. The van der Waals surface area contributed by atoms with Crippen molar-refractivity contribution in [3.05, 3.63) is 53.0 Å². The summed E-state index contributed by atoms with van der Waals surface area (Å²) in [5, 5.41) is 17.3.